The Balaban J connectivity index is 2.67. The molecule has 0 aliphatic heterocycles. The van der Waals surface area contributed by atoms with Crippen LogP contribution in [0.1, 0.15) is 52.5 Å². The van der Waals surface area contributed by atoms with E-state index in [0.717, 1.165) is 37.1 Å². The molecule has 1 amide bonds. The Bertz CT molecular complexity index is 439. The van der Waals surface area contributed by atoms with Crippen LogP contribution in [-0.2, 0) is 11.2 Å². The van der Waals surface area contributed by atoms with Crippen LogP contribution in [0.15, 0.2) is 24.3 Å². The van der Waals surface area contributed by atoms with Gasteiger partial charge in [-0.2, -0.15) is 0 Å². The summed E-state index contributed by atoms with van der Waals surface area (Å²) in [6.45, 7) is 9.50. The van der Waals surface area contributed by atoms with Gasteiger partial charge in [-0.3, -0.25) is 4.79 Å². The van der Waals surface area contributed by atoms with E-state index in [1.54, 1.807) is 0 Å². The molecule has 118 valence electrons. The van der Waals surface area contributed by atoms with Gasteiger partial charge < -0.3 is 10.6 Å². The zero-order valence-corrected chi connectivity index (χ0v) is 13.9. The molecule has 0 spiro atoms. The third-order valence-electron chi connectivity index (χ3n) is 3.84. The molecule has 0 heterocycles. The third-order valence-corrected chi connectivity index (χ3v) is 3.84. The second kappa shape index (κ2) is 8.71. The van der Waals surface area contributed by atoms with Gasteiger partial charge >= 0.3 is 0 Å². The summed E-state index contributed by atoms with van der Waals surface area (Å²) >= 11 is 0. The van der Waals surface area contributed by atoms with Crippen LogP contribution < -0.4 is 5.73 Å². The quantitative estimate of drug-likeness (QED) is 0.739. The number of anilines is 1. The van der Waals surface area contributed by atoms with E-state index in [1.165, 1.54) is 0 Å². The average Bonchev–Trinajstić information content (AvgIpc) is 2.44. The van der Waals surface area contributed by atoms with Crippen molar-refractivity contribution in [3.63, 3.8) is 0 Å². The van der Waals surface area contributed by atoms with Gasteiger partial charge in [-0.15, -0.1) is 0 Å². The Labute approximate surface area is 129 Å². The summed E-state index contributed by atoms with van der Waals surface area (Å²) in [6, 6.07) is 8.17. The molecule has 0 aromatic heterocycles. The minimum Gasteiger partial charge on any atom is -0.399 e. The van der Waals surface area contributed by atoms with E-state index in [1.807, 2.05) is 24.3 Å². The van der Waals surface area contributed by atoms with Gasteiger partial charge in [0.15, 0.2) is 0 Å². The van der Waals surface area contributed by atoms with Gasteiger partial charge in [-0.25, -0.2) is 0 Å². The van der Waals surface area contributed by atoms with E-state index in [2.05, 4.69) is 32.6 Å². The molecule has 2 N–H and O–H groups in total. The molecule has 0 saturated heterocycles. The number of amides is 1. The molecule has 0 unspecified atom stereocenters. The molecule has 0 fully saturated rings. The van der Waals surface area contributed by atoms with Crippen LogP contribution in [0.5, 0.6) is 0 Å². The normalized spacial score (nSPS) is 11.1. The number of carbonyl (C=O) groups is 1. The molecular formula is C18H30N2O. The van der Waals surface area contributed by atoms with Gasteiger partial charge in [-0.1, -0.05) is 39.8 Å². The summed E-state index contributed by atoms with van der Waals surface area (Å²) in [4.78, 5) is 14.7. The first-order valence-electron chi connectivity index (χ1n) is 8.11. The number of carbonyl (C=O) groups excluding carboxylic acids is 1. The Kier molecular flexibility index (Phi) is 7.27. The lowest BCUT2D eigenvalue weighted by molar-refractivity contribution is -0.134. The molecule has 0 aliphatic carbocycles. The van der Waals surface area contributed by atoms with Gasteiger partial charge in [0.1, 0.15) is 0 Å². The first-order valence-corrected chi connectivity index (χ1v) is 8.11. The van der Waals surface area contributed by atoms with Gasteiger partial charge in [0.05, 0.1) is 0 Å². The topological polar surface area (TPSA) is 46.3 Å². The second-order valence-corrected chi connectivity index (χ2v) is 6.16. The number of nitrogens with two attached hydrogens (primary N) is 1. The largest absolute Gasteiger partial charge is 0.399 e. The van der Waals surface area contributed by atoms with Crippen molar-refractivity contribution < 1.29 is 4.79 Å². The van der Waals surface area contributed by atoms with Gasteiger partial charge in [0, 0.05) is 24.7 Å². The van der Waals surface area contributed by atoms with Crippen molar-refractivity contribution in [2.45, 2.75) is 59.4 Å². The van der Waals surface area contributed by atoms with E-state index in [9.17, 15) is 4.79 Å². The third kappa shape index (κ3) is 5.78. The predicted octanol–water partition coefficient (Wildman–Crippen LogP) is 3.87. The molecular weight excluding hydrogens is 260 g/mol. The maximum atomic E-state index is 12.6. The monoisotopic (exact) mass is 290 g/mol. The smallest absolute Gasteiger partial charge is 0.223 e. The minimum absolute atomic E-state index is 0.264. The summed E-state index contributed by atoms with van der Waals surface area (Å²) in [5.74, 6) is 0.766. The van der Waals surface area contributed by atoms with Crippen LogP contribution in [-0.4, -0.2) is 23.4 Å². The molecule has 0 radical (unpaired) electrons. The molecule has 0 aliphatic rings. The van der Waals surface area contributed by atoms with Crippen molar-refractivity contribution in [3.8, 4) is 0 Å². The van der Waals surface area contributed by atoms with Crippen LogP contribution in [0.25, 0.3) is 0 Å². The van der Waals surface area contributed by atoms with Crippen molar-refractivity contribution in [3.05, 3.63) is 29.8 Å². The van der Waals surface area contributed by atoms with Gasteiger partial charge in [-0.05, 0) is 42.9 Å². The highest BCUT2D eigenvalue weighted by atomic mass is 16.2. The molecule has 0 saturated carbocycles. The maximum Gasteiger partial charge on any atom is 0.223 e. The molecule has 0 atom stereocenters. The number of nitrogen functional groups attached to an aromatic ring is 1. The Hall–Kier alpha value is -1.51. The van der Waals surface area contributed by atoms with E-state index < -0.39 is 0 Å². The summed E-state index contributed by atoms with van der Waals surface area (Å²) in [7, 11) is 0. The minimum atomic E-state index is 0.264. The first-order chi connectivity index (χ1) is 9.97. The zero-order chi connectivity index (χ0) is 15.8. The van der Waals surface area contributed by atoms with Crippen molar-refractivity contribution in [1.82, 2.24) is 4.90 Å². The summed E-state index contributed by atoms with van der Waals surface area (Å²) in [6.07, 6.45) is 3.37. The summed E-state index contributed by atoms with van der Waals surface area (Å²) in [5, 5.41) is 0. The molecule has 0 bridgehead atoms. The second-order valence-electron chi connectivity index (χ2n) is 6.16. The van der Waals surface area contributed by atoms with Crippen LogP contribution in [0.3, 0.4) is 0 Å². The fourth-order valence-electron chi connectivity index (χ4n) is 2.72. The molecule has 1 aromatic rings. The average molecular weight is 290 g/mol. The summed E-state index contributed by atoms with van der Waals surface area (Å²) in [5.41, 5.74) is 7.69. The Morgan fingerprint density at radius 2 is 1.90 bits per heavy atom. The van der Waals surface area contributed by atoms with E-state index in [-0.39, 0.29) is 5.91 Å². The van der Waals surface area contributed by atoms with Crippen molar-refractivity contribution in [2.75, 3.05) is 12.3 Å². The van der Waals surface area contributed by atoms with Crippen LogP contribution in [0.2, 0.25) is 0 Å². The van der Waals surface area contributed by atoms with Crippen LogP contribution >= 0.6 is 0 Å². The highest BCUT2D eigenvalue weighted by molar-refractivity contribution is 5.76. The number of hydrogen-bond acceptors (Lipinski definition) is 2. The molecule has 3 nitrogen and oxygen atoms in total. The molecule has 1 aromatic carbocycles. The number of hydrogen-bond donors (Lipinski definition) is 1. The van der Waals surface area contributed by atoms with E-state index in [4.69, 9.17) is 5.73 Å². The first kappa shape index (κ1) is 17.5. The van der Waals surface area contributed by atoms with Gasteiger partial charge in [0.25, 0.3) is 0 Å². The van der Waals surface area contributed by atoms with Crippen LogP contribution in [0.4, 0.5) is 5.69 Å². The Morgan fingerprint density at radius 1 is 1.24 bits per heavy atom. The number of rotatable bonds is 8. The fourth-order valence-corrected chi connectivity index (χ4v) is 2.72. The fraction of sp³-hybridized carbons (Fsp3) is 0.611. The van der Waals surface area contributed by atoms with E-state index in [0.29, 0.717) is 18.4 Å². The van der Waals surface area contributed by atoms with Crippen molar-refractivity contribution >= 4 is 11.6 Å². The zero-order valence-electron chi connectivity index (χ0n) is 13.9. The van der Waals surface area contributed by atoms with Gasteiger partial charge in [0.2, 0.25) is 5.91 Å². The predicted molar refractivity (Wildman–Crippen MR) is 90.1 cm³/mol. The van der Waals surface area contributed by atoms with Crippen molar-refractivity contribution in [2.24, 2.45) is 5.92 Å². The maximum absolute atomic E-state index is 12.6. The van der Waals surface area contributed by atoms with Crippen molar-refractivity contribution in [1.29, 1.82) is 0 Å². The lowest BCUT2D eigenvalue weighted by Crippen LogP contribution is -2.42. The molecule has 1 rings (SSSR count). The number of nitrogens with zero attached hydrogens (tertiary/aromatic N) is 1. The molecule has 21 heavy (non-hydrogen) atoms. The van der Waals surface area contributed by atoms with E-state index >= 15 is 0 Å². The number of benzene rings is 1. The standard InChI is InChI=1S/C18H30N2O/c1-5-17(6-2)20(13-14(3)4)18(21)11-10-15-8-7-9-16(19)12-15/h7-9,12,14,17H,5-6,10-11,13,19H2,1-4H3. The lowest BCUT2D eigenvalue weighted by atomic mass is 10.0. The SMILES string of the molecule is CCC(CC)N(CC(C)C)C(=O)CCc1cccc(N)c1. The summed E-state index contributed by atoms with van der Waals surface area (Å²) < 4.78 is 0. The van der Waals surface area contributed by atoms with Crippen LogP contribution in [0, 0.1) is 5.92 Å². The highest BCUT2D eigenvalue weighted by Gasteiger charge is 2.21. The number of aryl methyl sites for hydroxylation is 1. The molecule has 3 heteroatoms. The Morgan fingerprint density at radius 3 is 2.43 bits per heavy atom. The highest BCUT2D eigenvalue weighted by Crippen LogP contribution is 2.15. The lowest BCUT2D eigenvalue weighted by Gasteiger charge is -2.32.